The molecule has 0 aliphatic heterocycles. The molecule has 25 heavy (non-hydrogen) atoms. The quantitative estimate of drug-likeness (QED) is 0.603. The van der Waals surface area contributed by atoms with Crippen LogP contribution in [0.1, 0.15) is 30.0 Å². The van der Waals surface area contributed by atoms with Crippen molar-refractivity contribution in [2.24, 2.45) is 11.3 Å². The molecule has 4 heteroatoms. The number of aromatic nitrogens is 2. The minimum atomic E-state index is 0.263. The molecule has 0 N–H and O–H groups in total. The van der Waals surface area contributed by atoms with Gasteiger partial charge in [0.1, 0.15) is 4.60 Å². The van der Waals surface area contributed by atoms with Gasteiger partial charge in [0.25, 0.3) is 0 Å². The normalized spacial score (nSPS) is 26.9. The minimum Gasteiger partial charge on any atom is -0.376 e. The molecular weight excluding hydrogens is 376 g/mol. The van der Waals surface area contributed by atoms with Crippen molar-refractivity contribution in [1.29, 1.82) is 0 Å². The van der Waals surface area contributed by atoms with Crippen molar-refractivity contribution in [3.63, 3.8) is 0 Å². The maximum Gasteiger partial charge on any atom is 0.128 e. The predicted octanol–water partition coefficient (Wildman–Crippen LogP) is 5.10. The van der Waals surface area contributed by atoms with E-state index in [1.165, 1.54) is 18.4 Å². The Bertz CT molecular complexity index is 922. The van der Waals surface area contributed by atoms with Gasteiger partial charge < -0.3 is 4.74 Å². The Morgan fingerprint density at radius 2 is 1.64 bits per heavy atom. The molecule has 1 heterocycles. The summed E-state index contributed by atoms with van der Waals surface area (Å²) in [5.74, 6) is 1.22. The first-order valence-corrected chi connectivity index (χ1v) is 9.58. The Hall–Kier alpha value is -1.78. The molecule has 3 saturated carbocycles. The fourth-order valence-corrected chi connectivity index (χ4v) is 5.04. The van der Waals surface area contributed by atoms with E-state index in [4.69, 9.17) is 14.7 Å². The number of ether oxygens (including phenoxy) is 1. The summed E-state index contributed by atoms with van der Waals surface area (Å²) in [5, 5.41) is 0. The number of halogens is 1. The fraction of sp³-hybridized carbons (Fsp3) is 0.333. The van der Waals surface area contributed by atoms with Crippen LogP contribution in [0.4, 0.5) is 0 Å². The van der Waals surface area contributed by atoms with E-state index < -0.39 is 0 Å². The van der Waals surface area contributed by atoms with Crippen LogP contribution in [-0.2, 0) is 11.3 Å². The van der Waals surface area contributed by atoms with E-state index in [0.29, 0.717) is 12.5 Å². The van der Waals surface area contributed by atoms with E-state index in [-0.39, 0.29) is 5.41 Å². The smallest absolute Gasteiger partial charge is 0.128 e. The monoisotopic (exact) mass is 394 g/mol. The first-order valence-electron chi connectivity index (χ1n) is 8.79. The van der Waals surface area contributed by atoms with Crippen LogP contribution < -0.4 is 0 Å². The SMILES string of the molecule is Brc1nc2ccccc2nc1C1C2CC1(COCc1ccccc1)C2. The zero-order valence-corrected chi connectivity index (χ0v) is 15.4. The lowest BCUT2D eigenvalue weighted by Crippen LogP contribution is -2.62. The highest BCUT2D eigenvalue weighted by molar-refractivity contribution is 9.10. The summed E-state index contributed by atoms with van der Waals surface area (Å²) >= 11 is 3.66. The molecule has 1 aromatic heterocycles. The highest BCUT2D eigenvalue weighted by atomic mass is 79.9. The second-order valence-electron chi connectivity index (χ2n) is 7.38. The van der Waals surface area contributed by atoms with Crippen LogP contribution in [0, 0.1) is 11.3 Å². The van der Waals surface area contributed by atoms with Crippen LogP contribution in [0.2, 0.25) is 0 Å². The van der Waals surface area contributed by atoms with Gasteiger partial charge in [-0.15, -0.1) is 0 Å². The third-order valence-corrected chi connectivity index (χ3v) is 6.40. The highest BCUT2D eigenvalue weighted by Gasteiger charge is 2.66. The van der Waals surface area contributed by atoms with Crippen LogP contribution in [0.3, 0.4) is 0 Å². The summed E-state index contributed by atoms with van der Waals surface area (Å²) in [7, 11) is 0. The van der Waals surface area contributed by atoms with Crippen LogP contribution >= 0.6 is 15.9 Å². The highest BCUT2D eigenvalue weighted by Crippen LogP contribution is 2.73. The van der Waals surface area contributed by atoms with Gasteiger partial charge in [0.15, 0.2) is 0 Å². The van der Waals surface area contributed by atoms with E-state index in [1.54, 1.807) is 0 Å². The van der Waals surface area contributed by atoms with Gasteiger partial charge in [0.05, 0.1) is 29.9 Å². The minimum absolute atomic E-state index is 0.263. The zero-order valence-electron chi connectivity index (χ0n) is 13.9. The lowest BCUT2D eigenvalue weighted by molar-refractivity contribution is -0.185. The molecule has 3 nitrogen and oxygen atoms in total. The Morgan fingerprint density at radius 3 is 2.32 bits per heavy atom. The van der Waals surface area contributed by atoms with Gasteiger partial charge in [-0.1, -0.05) is 42.5 Å². The van der Waals surface area contributed by atoms with Gasteiger partial charge in [-0.3, -0.25) is 0 Å². The molecule has 3 aliphatic rings. The van der Waals surface area contributed by atoms with Crippen LogP contribution in [-0.4, -0.2) is 16.6 Å². The van der Waals surface area contributed by atoms with Gasteiger partial charge in [0, 0.05) is 11.3 Å². The van der Waals surface area contributed by atoms with Crippen molar-refractivity contribution in [1.82, 2.24) is 9.97 Å². The summed E-state index contributed by atoms with van der Waals surface area (Å²) in [5.41, 5.74) is 4.54. The molecule has 0 saturated heterocycles. The van der Waals surface area contributed by atoms with Crippen LogP contribution in [0.25, 0.3) is 11.0 Å². The van der Waals surface area contributed by atoms with Crippen molar-refractivity contribution in [3.05, 3.63) is 70.5 Å². The molecule has 6 rings (SSSR count). The van der Waals surface area contributed by atoms with E-state index in [0.717, 1.165) is 33.9 Å². The molecule has 0 amide bonds. The number of benzene rings is 2. The molecule has 1 unspecified atom stereocenters. The average Bonchev–Trinajstić information content (AvgIpc) is 2.58. The maximum absolute atomic E-state index is 6.08. The lowest BCUT2D eigenvalue weighted by Gasteiger charge is -2.68. The fourth-order valence-electron chi connectivity index (χ4n) is 4.51. The summed E-state index contributed by atoms with van der Waals surface area (Å²) in [6.07, 6.45) is 2.51. The zero-order chi connectivity index (χ0) is 16.9. The van der Waals surface area contributed by atoms with Gasteiger partial charge in [0.2, 0.25) is 0 Å². The predicted molar refractivity (Wildman–Crippen MR) is 101 cm³/mol. The van der Waals surface area contributed by atoms with Gasteiger partial charge in [-0.25, -0.2) is 9.97 Å². The van der Waals surface area contributed by atoms with Crippen molar-refractivity contribution in [2.45, 2.75) is 25.4 Å². The molecule has 2 bridgehead atoms. The Balaban J connectivity index is 1.34. The third-order valence-electron chi connectivity index (χ3n) is 5.82. The number of hydrogen-bond acceptors (Lipinski definition) is 3. The first kappa shape index (κ1) is 15.5. The van der Waals surface area contributed by atoms with Crippen molar-refractivity contribution >= 4 is 27.0 Å². The number of nitrogens with zero attached hydrogens (tertiary/aromatic N) is 2. The van der Waals surface area contributed by atoms with E-state index in [1.807, 2.05) is 30.3 Å². The first-order chi connectivity index (χ1) is 12.3. The van der Waals surface area contributed by atoms with E-state index >= 15 is 0 Å². The van der Waals surface area contributed by atoms with Crippen LogP contribution in [0.15, 0.2) is 59.2 Å². The largest absolute Gasteiger partial charge is 0.376 e. The summed E-state index contributed by atoms with van der Waals surface area (Å²) in [4.78, 5) is 9.63. The second kappa shape index (κ2) is 5.89. The maximum atomic E-state index is 6.08. The van der Waals surface area contributed by atoms with Crippen molar-refractivity contribution in [3.8, 4) is 0 Å². The Labute approximate surface area is 155 Å². The van der Waals surface area contributed by atoms with Crippen molar-refractivity contribution < 1.29 is 4.74 Å². The number of fused-ring (bicyclic) bond motifs is 1. The Kier molecular flexibility index (Phi) is 3.64. The number of hydrogen-bond donors (Lipinski definition) is 0. The molecule has 2 aromatic carbocycles. The summed E-state index contributed by atoms with van der Waals surface area (Å²) in [6, 6.07) is 18.5. The molecule has 3 aliphatic carbocycles. The topological polar surface area (TPSA) is 35.0 Å². The molecule has 3 fully saturated rings. The van der Waals surface area contributed by atoms with E-state index in [9.17, 15) is 0 Å². The summed E-state index contributed by atoms with van der Waals surface area (Å²) < 4.78 is 6.98. The molecule has 1 atom stereocenters. The second-order valence-corrected chi connectivity index (χ2v) is 8.13. The summed E-state index contributed by atoms with van der Waals surface area (Å²) in [6.45, 7) is 1.49. The van der Waals surface area contributed by atoms with Gasteiger partial charge >= 0.3 is 0 Å². The van der Waals surface area contributed by atoms with Crippen LogP contribution in [0.5, 0.6) is 0 Å². The Morgan fingerprint density at radius 1 is 0.960 bits per heavy atom. The van der Waals surface area contributed by atoms with Crippen molar-refractivity contribution in [2.75, 3.05) is 6.61 Å². The standard InChI is InChI=1S/C21H19BrN2O/c22-20-19(23-16-8-4-5-9-17(16)24-20)18-15-10-21(18,11-15)13-25-12-14-6-2-1-3-7-14/h1-9,15,18H,10-13H2. The third kappa shape index (κ3) is 2.51. The molecule has 0 spiro atoms. The van der Waals surface area contributed by atoms with Gasteiger partial charge in [-0.2, -0.15) is 0 Å². The number of para-hydroxylation sites is 2. The van der Waals surface area contributed by atoms with Gasteiger partial charge in [-0.05, 0) is 52.4 Å². The lowest BCUT2D eigenvalue weighted by atomic mass is 9.37. The molecular formula is C21H19BrN2O. The average molecular weight is 395 g/mol. The molecule has 0 radical (unpaired) electrons. The molecule has 126 valence electrons. The molecule has 3 aromatic rings. The number of rotatable bonds is 5. The van der Waals surface area contributed by atoms with E-state index in [2.05, 4.69) is 40.2 Å².